The predicted molar refractivity (Wildman–Crippen MR) is 95.7 cm³/mol. The van der Waals surface area contributed by atoms with Gasteiger partial charge in [-0.1, -0.05) is 35.9 Å². The molecule has 0 radical (unpaired) electrons. The van der Waals surface area contributed by atoms with Crippen molar-refractivity contribution in [2.75, 3.05) is 6.54 Å². The minimum absolute atomic E-state index is 0.476. The van der Waals surface area contributed by atoms with Crippen LogP contribution in [0, 0.1) is 6.92 Å². The Hall–Kier alpha value is -1.88. The molecule has 1 atom stereocenters. The smallest absolute Gasteiger partial charge is 0.0914 e. The molecule has 0 saturated heterocycles. The van der Waals surface area contributed by atoms with Crippen molar-refractivity contribution < 1.29 is 5.11 Å². The van der Waals surface area contributed by atoms with Crippen molar-refractivity contribution in [3.05, 3.63) is 81.8 Å². The zero-order chi connectivity index (χ0) is 16.1. The molecule has 0 aliphatic heterocycles. The first-order valence-electron chi connectivity index (χ1n) is 7.84. The number of hydrogen-bond donors (Lipinski definition) is 2. The van der Waals surface area contributed by atoms with Crippen LogP contribution in [0.2, 0.25) is 0 Å². The number of aliphatic hydroxyl groups excluding tert-OH is 1. The Morgan fingerprint density at radius 3 is 2.70 bits per heavy atom. The molecule has 3 rings (SSSR count). The highest BCUT2D eigenvalue weighted by molar-refractivity contribution is 7.09. The van der Waals surface area contributed by atoms with Gasteiger partial charge in [-0.2, -0.15) is 0 Å². The number of aromatic nitrogens is 1. The summed E-state index contributed by atoms with van der Waals surface area (Å²) in [6.45, 7) is 4.26. The highest BCUT2D eigenvalue weighted by atomic mass is 32.1. The van der Waals surface area contributed by atoms with Gasteiger partial charge in [0.1, 0.15) is 0 Å². The first kappa shape index (κ1) is 16.0. The summed E-state index contributed by atoms with van der Waals surface area (Å²) in [4.78, 5) is 1.35. The van der Waals surface area contributed by atoms with Gasteiger partial charge in [0.05, 0.1) is 12.6 Å². The molecule has 4 heteroatoms. The number of aryl methyl sites for hydroxylation is 1. The second-order valence-corrected chi connectivity index (χ2v) is 6.80. The Balaban J connectivity index is 1.53. The zero-order valence-electron chi connectivity index (χ0n) is 13.3. The maximum absolute atomic E-state index is 10.2. The van der Waals surface area contributed by atoms with Gasteiger partial charge in [0.15, 0.2) is 0 Å². The fourth-order valence-electron chi connectivity index (χ4n) is 2.58. The summed E-state index contributed by atoms with van der Waals surface area (Å²) in [5.74, 6) is 0. The molecule has 1 unspecified atom stereocenters. The van der Waals surface area contributed by atoms with Crippen LogP contribution in [0.15, 0.2) is 60.1 Å². The van der Waals surface area contributed by atoms with Crippen LogP contribution in [0.3, 0.4) is 0 Å². The molecule has 2 N–H and O–H groups in total. The Morgan fingerprint density at radius 2 is 1.96 bits per heavy atom. The average molecular weight is 326 g/mol. The van der Waals surface area contributed by atoms with E-state index in [2.05, 4.69) is 52.7 Å². The van der Waals surface area contributed by atoms with Gasteiger partial charge in [0.2, 0.25) is 0 Å². The number of benzene rings is 1. The molecule has 120 valence electrons. The lowest BCUT2D eigenvalue weighted by Gasteiger charge is -2.14. The van der Waals surface area contributed by atoms with Gasteiger partial charge in [-0.05, 0) is 36.1 Å². The van der Waals surface area contributed by atoms with E-state index in [1.807, 2.05) is 24.3 Å². The van der Waals surface area contributed by atoms with Crippen LogP contribution in [0.1, 0.15) is 27.8 Å². The minimum Gasteiger partial charge on any atom is -0.387 e. The zero-order valence-corrected chi connectivity index (χ0v) is 14.1. The molecule has 2 aromatic heterocycles. The molecular formula is C19H22N2OS. The fraction of sp³-hybridized carbons (Fsp3) is 0.263. The Labute approximate surface area is 141 Å². The largest absolute Gasteiger partial charge is 0.387 e. The molecule has 0 bridgehead atoms. The molecule has 2 heterocycles. The first-order valence-corrected chi connectivity index (χ1v) is 8.72. The molecule has 23 heavy (non-hydrogen) atoms. The number of rotatable bonds is 7. The highest BCUT2D eigenvalue weighted by Crippen LogP contribution is 2.14. The van der Waals surface area contributed by atoms with E-state index in [1.165, 1.54) is 16.1 Å². The fourth-order valence-corrected chi connectivity index (χ4v) is 3.28. The highest BCUT2D eigenvalue weighted by Gasteiger charge is 2.08. The second kappa shape index (κ2) is 7.59. The lowest BCUT2D eigenvalue weighted by atomic mass is 10.1. The van der Waals surface area contributed by atoms with Gasteiger partial charge in [-0.25, -0.2) is 0 Å². The lowest BCUT2D eigenvalue weighted by Crippen LogP contribution is -2.22. The number of nitrogens with one attached hydrogen (secondary N) is 1. The number of thiophene rings is 1. The van der Waals surface area contributed by atoms with E-state index in [0.717, 1.165) is 18.7 Å². The summed E-state index contributed by atoms with van der Waals surface area (Å²) in [5.41, 5.74) is 3.40. The number of nitrogens with zero attached hydrogens (tertiary/aromatic N) is 1. The van der Waals surface area contributed by atoms with Crippen molar-refractivity contribution >= 4 is 11.3 Å². The van der Waals surface area contributed by atoms with E-state index in [9.17, 15) is 5.11 Å². The van der Waals surface area contributed by atoms with Crippen LogP contribution in [0.25, 0.3) is 0 Å². The lowest BCUT2D eigenvalue weighted by molar-refractivity contribution is 0.174. The molecule has 0 spiro atoms. The standard InChI is InChI=1S/C19H22N2OS/c1-15-6-8-16(9-7-15)19(22)13-20-12-17-4-2-10-21(17)14-18-5-3-11-23-18/h2-11,19-20,22H,12-14H2,1H3. The summed E-state index contributed by atoms with van der Waals surface area (Å²) >= 11 is 1.78. The summed E-state index contributed by atoms with van der Waals surface area (Å²) in [6, 6.07) is 16.5. The van der Waals surface area contributed by atoms with Crippen LogP contribution >= 0.6 is 11.3 Å². The molecule has 3 aromatic rings. The van der Waals surface area contributed by atoms with E-state index in [-0.39, 0.29) is 0 Å². The van der Waals surface area contributed by atoms with Crippen LogP contribution in [0.5, 0.6) is 0 Å². The van der Waals surface area contributed by atoms with Crippen molar-refractivity contribution in [1.82, 2.24) is 9.88 Å². The van der Waals surface area contributed by atoms with Gasteiger partial charge in [0, 0.05) is 29.9 Å². The number of aliphatic hydroxyl groups is 1. The third-order valence-corrected chi connectivity index (χ3v) is 4.80. The van der Waals surface area contributed by atoms with Crippen molar-refractivity contribution in [2.24, 2.45) is 0 Å². The quantitative estimate of drug-likeness (QED) is 0.694. The molecular weight excluding hydrogens is 304 g/mol. The third-order valence-electron chi connectivity index (χ3n) is 3.94. The van der Waals surface area contributed by atoms with Crippen LogP contribution < -0.4 is 5.32 Å². The van der Waals surface area contributed by atoms with Gasteiger partial charge >= 0.3 is 0 Å². The summed E-state index contributed by atoms with van der Waals surface area (Å²) < 4.78 is 2.25. The van der Waals surface area contributed by atoms with Gasteiger partial charge in [-0.15, -0.1) is 11.3 Å². The Morgan fingerprint density at radius 1 is 1.13 bits per heavy atom. The first-order chi connectivity index (χ1) is 11.2. The maximum Gasteiger partial charge on any atom is 0.0914 e. The van der Waals surface area contributed by atoms with Gasteiger partial charge in [0.25, 0.3) is 0 Å². The molecule has 0 aliphatic carbocycles. The molecule has 0 aliphatic rings. The predicted octanol–water partition coefficient (Wildman–Crippen LogP) is 3.73. The van der Waals surface area contributed by atoms with Crippen LogP contribution in [-0.2, 0) is 13.1 Å². The Kier molecular flexibility index (Phi) is 5.28. The van der Waals surface area contributed by atoms with E-state index in [0.29, 0.717) is 6.54 Å². The molecule has 0 saturated carbocycles. The molecule has 0 amide bonds. The van der Waals surface area contributed by atoms with E-state index in [1.54, 1.807) is 11.3 Å². The third kappa shape index (κ3) is 4.32. The van der Waals surface area contributed by atoms with Crippen molar-refractivity contribution in [3.63, 3.8) is 0 Å². The van der Waals surface area contributed by atoms with Crippen molar-refractivity contribution in [2.45, 2.75) is 26.1 Å². The van der Waals surface area contributed by atoms with Crippen LogP contribution in [0.4, 0.5) is 0 Å². The summed E-state index contributed by atoms with van der Waals surface area (Å²) in [6.07, 6.45) is 1.63. The van der Waals surface area contributed by atoms with E-state index >= 15 is 0 Å². The van der Waals surface area contributed by atoms with Crippen LogP contribution in [-0.4, -0.2) is 16.2 Å². The molecule has 0 fully saturated rings. The summed E-state index contributed by atoms with van der Waals surface area (Å²) in [5, 5.41) is 15.7. The average Bonchev–Trinajstić information content (AvgIpc) is 3.21. The van der Waals surface area contributed by atoms with Gasteiger partial charge < -0.3 is 15.0 Å². The van der Waals surface area contributed by atoms with E-state index < -0.39 is 6.10 Å². The summed E-state index contributed by atoms with van der Waals surface area (Å²) in [7, 11) is 0. The number of hydrogen-bond acceptors (Lipinski definition) is 3. The molecule has 3 nitrogen and oxygen atoms in total. The normalized spacial score (nSPS) is 12.4. The van der Waals surface area contributed by atoms with Crippen molar-refractivity contribution in [3.8, 4) is 0 Å². The minimum atomic E-state index is -0.476. The van der Waals surface area contributed by atoms with Crippen molar-refractivity contribution in [1.29, 1.82) is 0 Å². The SMILES string of the molecule is Cc1ccc(C(O)CNCc2cccn2Cc2cccs2)cc1. The second-order valence-electron chi connectivity index (χ2n) is 5.76. The monoisotopic (exact) mass is 326 g/mol. The Bertz CT molecular complexity index is 716. The van der Waals surface area contributed by atoms with E-state index in [4.69, 9.17) is 0 Å². The maximum atomic E-state index is 10.2. The topological polar surface area (TPSA) is 37.2 Å². The van der Waals surface area contributed by atoms with Gasteiger partial charge in [-0.3, -0.25) is 0 Å². The molecule has 1 aromatic carbocycles.